The average Bonchev–Trinajstić information content (AvgIpc) is 3.46. The lowest BCUT2D eigenvalue weighted by molar-refractivity contribution is -0.117. The number of hydrogen-bond acceptors (Lipinski definition) is 6. The van der Waals surface area contributed by atoms with Crippen molar-refractivity contribution in [1.82, 2.24) is 19.9 Å². The van der Waals surface area contributed by atoms with E-state index in [0.29, 0.717) is 23.5 Å². The molecule has 1 amide bonds. The van der Waals surface area contributed by atoms with Crippen molar-refractivity contribution >= 4 is 29.1 Å². The summed E-state index contributed by atoms with van der Waals surface area (Å²) in [6.07, 6.45) is 15.3. The Labute approximate surface area is 244 Å². The van der Waals surface area contributed by atoms with Crippen molar-refractivity contribution in [3.05, 3.63) is 78.1 Å². The average molecular weight is 557 g/mol. The van der Waals surface area contributed by atoms with Gasteiger partial charge in [0.05, 0.1) is 12.7 Å². The van der Waals surface area contributed by atoms with Crippen LogP contribution in [0.15, 0.2) is 66.9 Å². The standard InChI is InChI=1S/C33H44N6O2/c1-2-3-4-5-6-7-8-12-21-39-26-30(35-36-39)19-20-32(40)28-15-17-29(18-16-28)34-33(41)27-37-22-24-38(25-23-37)31-13-10-9-11-14-31/h9-11,13-20,26H,2-8,12,21-25,27H2,1H3,(H,34,41)/b20-19+. The molecule has 1 saturated heterocycles. The third-order valence-electron chi connectivity index (χ3n) is 7.52. The van der Waals surface area contributed by atoms with Crippen LogP contribution in [0.3, 0.4) is 0 Å². The largest absolute Gasteiger partial charge is 0.369 e. The fourth-order valence-electron chi connectivity index (χ4n) is 5.09. The molecule has 41 heavy (non-hydrogen) atoms. The van der Waals surface area contributed by atoms with Gasteiger partial charge in [-0.1, -0.05) is 75.3 Å². The van der Waals surface area contributed by atoms with Crippen molar-refractivity contribution in [2.75, 3.05) is 42.9 Å². The van der Waals surface area contributed by atoms with Crippen LogP contribution < -0.4 is 10.2 Å². The lowest BCUT2D eigenvalue weighted by atomic mass is 10.1. The van der Waals surface area contributed by atoms with Crippen LogP contribution >= 0.6 is 0 Å². The predicted molar refractivity (Wildman–Crippen MR) is 166 cm³/mol. The molecule has 1 N–H and O–H groups in total. The molecule has 1 aliphatic rings. The van der Waals surface area contributed by atoms with E-state index < -0.39 is 0 Å². The van der Waals surface area contributed by atoms with Gasteiger partial charge in [-0.05, 0) is 55.0 Å². The van der Waals surface area contributed by atoms with Gasteiger partial charge in [0.15, 0.2) is 5.78 Å². The van der Waals surface area contributed by atoms with E-state index in [4.69, 9.17) is 0 Å². The Balaban J connectivity index is 1.14. The first-order chi connectivity index (χ1) is 20.1. The van der Waals surface area contributed by atoms with Gasteiger partial charge in [-0.2, -0.15) is 0 Å². The van der Waals surface area contributed by atoms with Crippen molar-refractivity contribution in [2.24, 2.45) is 0 Å². The highest BCUT2D eigenvalue weighted by molar-refractivity contribution is 6.07. The van der Waals surface area contributed by atoms with Crippen LogP contribution in [0.25, 0.3) is 6.08 Å². The number of amides is 1. The van der Waals surface area contributed by atoms with Gasteiger partial charge < -0.3 is 10.2 Å². The molecule has 0 bridgehead atoms. The Morgan fingerprint density at radius 2 is 1.54 bits per heavy atom. The highest BCUT2D eigenvalue weighted by Gasteiger charge is 2.19. The molecular formula is C33H44N6O2. The van der Waals surface area contributed by atoms with Crippen molar-refractivity contribution in [1.29, 1.82) is 0 Å². The summed E-state index contributed by atoms with van der Waals surface area (Å²) in [6.45, 7) is 6.93. The van der Waals surface area contributed by atoms with Crippen molar-refractivity contribution in [2.45, 2.75) is 64.8 Å². The second-order valence-corrected chi connectivity index (χ2v) is 10.8. The predicted octanol–water partition coefficient (Wildman–Crippen LogP) is 6.08. The van der Waals surface area contributed by atoms with Gasteiger partial charge in [-0.3, -0.25) is 19.2 Å². The third-order valence-corrected chi connectivity index (χ3v) is 7.52. The molecule has 0 saturated carbocycles. The van der Waals surface area contributed by atoms with E-state index in [1.165, 1.54) is 56.7 Å². The van der Waals surface area contributed by atoms with E-state index >= 15 is 0 Å². The summed E-state index contributed by atoms with van der Waals surface area (Å²) in [5, 5.41) is 11.3. The first-order valence-corrected chi connectivity index (χ1v) is 15.2. The molecule has 0 aliphatic carbocycles. The summed E-state index contributed by atoms with van der Waals surface area (Å²) < 4.78 is 1.85. The van der Waals surface area contributed by atoms with Crippen molar-refractivity contribution in [3.8, 4) is 0 Å². The molecule has 218 valence electrons. The minimum atomic E-state index is -0.114. The van der Waals surface area contributed by atoms with Crippen LogP contribution in [0.5, 0.6) is 0 Å². The highest BCUT2D eigenvalue weighted by Crippen LogP contribution is 2.16. The number of carbonyl (C=O) groups excluding carboxylic acids is 2. The molecule has 0 atom stereocenters. The number of ketones is 1. The molecule has 2 aromatic carbocycles. The SMILES string of the molecule is CCCCCCCCCCn1cc(/C=C/C(=O)c2ccc(NC(=O)CN3CCN(c4ccccc4)CC3)cc2)nn1. The van der Waals surface area contributed by atoms with Crippen LogP contribution in [0, 0.1) is 0 Å². The summed E-state index contributed by atoms with van der Waals surface area (Å²) in [5.74, 6) is -0.163. The molecule has 4 rings (SSSR count). The summed E-state index contributed by atoms with van der Waals surface area (Å²) in [7, 11) is 0. The van der Waals surface area contributed by atoms with E-state index in [1.54, 1.807) is 30.3 Å². The smallest absolute Gasteiger partial charge is 0.238 e. The van der Waals surface area contributed by atoms with E-state index in [0.717, 1.165) is 39.1 Å². The molecular weight excluding hydrogens is 512 g/mol. The monoisotopic (exact) mass is 556 g/mol. The van der Waals surface area contributed by atoms with Crippen LogP contribution in [0.2, 0.25) is 0 Å². The number of rotatable bonds is 16. The Morgan fingerprint density at radius 3 is 2.24 bits per heavy atom. The topological polar surface area (TPSA) is 83.4 Å². The van der Waals surface area contributed by atoms with Gasteiger partial charge in [-0.25, -0.2) is 0 Å². The quantitative estimate of drug-likeness (QED) is 0.131. The van der Waals surface area contributed by atoms with Crippen LogP contribution in [-0.4, -0.2) is 64.3 Å². The normalized spacial score (nSPS) is 14.0. The van der Waals surface area contributed by atoms with Crippen LogP contribution in [0.4, 0.5) is 11.4 Å². The third kappa shape index (κ3) is 10.3. The maximum atomic E-state index is 12.6. The van der Waals surface area contributed by atoms with E-state index in [1.807, 2.05) is 16.9 Å². The fourth-order valence-corrected chi connectivity index (χ4v) is 5.09. The van der Waals surface area contributed by atoms with E-state index in [-0.39, 0.29) is 11.7 Å². The molecule has 8 heteroatoms. The zero-order valence-corrected chi connectivity index (χ0v) is 24.4. The number of benzene rings is 2. The first kappa shape index (κ1) is 30.2. The zero-order valence-electron chi connectivity index (χ0n) is 24.4. The molecule has 1 aromatic heterocycles. The molecule has 2 heterocycles. The van der Waals surface area contributed by atoms with Crippen molar-refractivity contribution in [3.63, 3.8) is 0 Å². The van der Waals surface area contributed by atoms with Gasteiger partial charge in [0.1, 0.15) is 5.69 Å². The van der Waals surface area contributed by atoms with Crippen molar-refractivity contribution < 1.29 is 9.59 Å². The Morgan fingerprint density at radius 1 is 0.854 bits per heavy atom. The zero-order chi connectivity index (χ0) is 28.7. The molecule has 8 nitrogen and oxygen atoms in total. The minimum absolute atomic E-state index is 0.0489. The second kappa shape index (κ2) is 16.5. The first-order valence-electron chi connectivity index (χ1n) is 15.2. The molecule has 0 spiro atoms. The van der Waals surface area contributed by atoms with Gasteiger partial charge in [0, 0.05) is 49.7 Å². The fraction of sp³-hybridized carbons (Fsp3) is 0.455. The lowest BCUT2D eigenvalue weighted by Crippen LogP contribution is -2.48. The maximum Gasteiger partial charge on any atom is 0.238 e. The van der Waals surface area contributed by atoms with Gasteiger partial charge in [0.25, 0.3) is 0 Å². The molecule has 1 aliphatic heterocycles. The molecule has 0 radical (unpaired) electrons. The summed E-state index contributed by atoms with van der Waals surface area (Å²) in [4.78, 5) is 29.8. The lowest BCUT2D eigenvalue weighted by Gasteiger charge is -2.35. The summed E-state index contributed by atoms with van der Waals surface area (Å²) >= 11 is 0. The number of nitrogens with zero attached hydrogens (tertiary/aromatic N) is 5. The van der Waals surface area contributed by atoms with Gasteiger partial charge >= 0.3 is 0 Å². The van der Waals surface area contributed by atoms with E-state index in [9.17, 15) is 9.59 Å². The Bertz CT molecular complexity index is 1230. The minimum Gasteiger partial charge on any atom is -0.369 e. The number of nitrogens with one attached hydrogen (secondary N) is 1. The number of piperazine rings is 1. The number of aryl methyl sites for hydroxylation is 1. The number of carbonyl (C=O) groups is 2. The number of para-hydroxylation sites is 1. The summed E-state index contributed by atoms with van der Waals surface area (Å²) in [6, 6.07) is 17.4. The molecule has 0 unspecified atom stereocenters. The Kier molecular flexibility index (Phi) is 12.1. The van der Waals surface area contributed by atoms with Crippen LogP contribution in [0.1, 0.15) is 74.3 Å². The summed E-state index contributed by atoms with van der Waals surface area (Å²) in [5.41, 5.74) is 3.14. The Hall–Kier alpha value is -3.78. The van der Waals surface area contributed by atoms with E-state index in [2.05, 4.69) is 56.6 Å². The number of allylic oxidation sites excluding steroid dienone is 1. The number of hydrogen-bond donors (Lipinski definition) is 1. The van der Waals surface area contributed by atoms with Gasteiger partial charge in [-0.15, -0.1) is 5.10 Å². The molecule has 3 aromatic rings. The second-order valence-electron chi connectivity index (χ2n) is 10.8. The molecule has 1 fully saturated rings. The van der Waals surface area contributed by atoms with Crippen LogP contribution in [-0.2, 0) is 11.3 Å². The van der Waals surface area contributed by atoms with Gasteiger partial charge in [0.2, 0.25) is 5.91 Å². The number of aromatic nitrogens is 3. The maximum absolute atomic E-state index is 12.6. The number of unbranched alkanes of at least 4 members (excludes halogenated alkanes) is 7. The number of anilines is 2. The highest BCUT2D eigenvalue weighted by atomic mass is 16.2.